The van der Waals surface area contributed by atoms with E-state index in [2.05, 4.69) is 17.2 Å². The molecule has 3 rings (SSSR count). The lowest BCUT2D eigenvalue weighted by molar-refractivity contribution is 0.102. The summed E-state index contributed by atoms with van der Waals surface area (Å²) in [6, 6.07) is 25.7. The van der Waals surface area contributed by atoms with Crippen LogP contribution in [0.5, 0.6) is 0 Å². The summed E-state index contributed by atoms with van der Waals surface area (Å²) in [5.41, 5.74) is 3.55. The minimum Gasteiger partial charge on any atom is -0.322 e. The fourth-order valence-electron chi connectivity index (χ4n) is 2.20. The van der Waals surface area contributed by atoms with Crippen molar-refractivity contribution in [3.63, 3.8) is 0 Å². The minimum absolute atomic E-state index is 0.202. The third-order valence-corrected chi connectivity index (χ3v) is 3.54. The molecule has 0 aliphatic carbocycles. The maximum absolute atomic E-state index is 12.2. The summed E-state index contributed by atoms with van der Waals surface area (Å²) in [7, 11) is 0. The lowest BCUT2D eigenvalue weighted by atomic mass is 10.1. The third kappa shape index (κ3) is 4.34. The Morgan fingerprint density at radius 1 is 0.720 bits per heavy atom. The quantitative estimate of drug-likeness (QED) is 0.719. The van der Waals surface area contributed by atoms with Gasteiger partial charge in [0.1, 0.15) is 0 Å². The molecular weight excluding hydrogens is 308 g/mol. The zero-order valence-electron chi connectivity index (χ0n) is 13.4. The van der Waals surface area contributed by atoms with Crippen LogP contribution in [0.4, 0.5) is 5.69 Å². The number of rotatable bonds is 2. The van der Waals surface area contributed by atoms with Crippen LogP contribution in [0.3, 0.4) is 0 Å². The molecule has 0 aromatic heterocycles. The number of nitrogens with one attached hydrogen (secondary N) is 1. The van der Waals surface area contributed by atoms with Crippen LogP contribution in [-0.2, 0) is 0 Å². The van der Waals surface area contributed by atoms with E-state index in [1.54, 1.807) is 36.4 Å². The minimum atomic E-state index is -0.202. The van der Waals surface area contributed by atoms with Gasteiger partial charge in [-0.05, 0) is 60.7 Å². The molecule has 0 aliphatic rings. The van der Waals surface area contributed by atoms with Crippen LogP contribution in [0.2, 0.25) is 0 Å². The van der Waals surface area contributed by atoms with Gasteiger partial charge in [-0.15, -0.1) is 0 Å². The highest BCUT2D eigenvalue weighted by Gasteiger charge is 2.05. The molecule has 0 heterocycles. The van der Waals surface area contributed by atoms with Crippen molar-refractivity contribution >= 4 is 11.6 Å². The number of anilines is 1. The summed E-state index contributed by atoms with van der Waals surface area (Å²) in [5, 5.41) is 11.6. The normalized spacial score (nSPS) is 9.40. The standard InChI is InChI=1S/C22H14N2O/c23-16-19-10-14-21(15-11-19)24-22(25)20-12-8-18(9-13-20)7-6-17-4-2-1-3-5-17/h1-5,8-15H,(H,24,25). The number of nitriles is 1. The molecule has 0 aliphatic heterocycles. The van der Waals surface area contributed by atoms with Crippen LogP contribution in [-0.4, -0.2) is 5.91 Å². The fraction of sp³-hybridized carbons (Fsp3) is 0. The lowest BCUT2D eigenvalue weighted by Gasteiger charge is -2.05. The van der Waals surface area contributed by atoms with Gasteiger partial charge >= 0.3 is 0 Å². The Bertz CT molecular complexity index is 971. The number of amides is 1. The monoisotopic (exact) mass is 322 g/mol. The molecule has 25 heavy (non-hydrogen) atoms. The molecule has 0 fully saturated rings. The topological polar surface area (TPSA) is 52.9 Å². The molecule has 1 N–H and O–H groups in total. The Labute approximate surface area is 146 Å². The molecule has 3 aromatic carbocycles. The van der Waals surface area contributed by atoms with Gasteiger partial charge in [0.25, 0.3) is 5.91 Å². The smallest absolute Gasteiger partial charge is 0.255 e. The largest absolute Gasteiger partial charge is 0.322 e. The molecule has 3 heteroatoms. The predicted octanol–water partition coefficient (Wildman–Crippen LogP) is 4.21. The summed E-state index contributed by atoms with van der Waals surface area (Å²) in [6.07, 6.45) is 0. The van der Waals surface area contributed by atoms with E-state index >= 15 is 0 Å². The van der Waals surface area contributed by atoms with E-state index in [0.29, 0.717) is 16.8 Å². The van der Waals surface area contributed by atoms with E-state index in [4.69, 9.17) is 5.26 Å². The molecule has 0 bridgehead atoms. The summed E-state index contributed by atoms with van der Waals surface area (Å²) in [6.45, 7) is 0. The van der Waals surface area contributed by atoms with E-state index in [1.165, 1.54) is 0 Å². The van der Waals surface area contributed by atoms with Crippen molar-refractivity contribution in [3.05, 3.63) is 101 Å². The Balaban J connectivity index is 1.68. The maximum atomic E-state index is 12.2. The number of carbonyl (C=O) groups excluding carboxylic acids is 1. The van der Waals surface area contributed by atoms with Crippen LogP contribution >= 0.6 is 0 Å². The molecule has 0 saturated heterocycles. The van der Waals surface area contributed by atoms with Crippen molar-refractivity contribution in [2.24, 2.45) is 0 Å². The highest BCUT2D eigenvalue weighted by molar-refractivity contribution is 6.04. The Kier molecular flexibility index (Phi) is 4.90. The molecule has 0 saturated carbocycles. The summed E-state index contributed by atoms with van der Waals surface area (Å²) in [5.74, 6) is 5.96. The van der Waals surface area contributed by atoms with Crippen molar-refractivity contribution in [2.45, 2.75) is 0 Å². The van der Waals surface area contributed by atoms with Crippen molar-refractivity contribution < 1.29 is 4.79 Å². The third-order valence-electron chi connectivity index (χ3n) is 3.54. The van der Waals surface area contributed by atoms with Gasteiger partial charge in [0.05, 0.1) is 11.6 Å². The molecular formula is C22H14N2O. The lowest BCUT2D eigenvalue weighted by Crippen LogP contribution is -2.11. The first-order chi connectivity index (χ1) is 12.2. The molecule has 1 amide bonds. The highest BCUT2D eigenvalue weighted by atomic mass is 16.1. The van der Waals surface area contributed by atoms with Gasteiger partial charge in [-0.1, -0.05) is 30.0 Å². The summed E-state index contributed by atoms with van der Waals surface area (Å²) < 4.78 is 0. The van der Waals surface area contributed by atoms with Gasteiger partial charge in [-0.3, -0.25) is 4.79 Å². The van der Waals surface area contributed by atoms with Crippen LogP contribution in [0.15, 0.2) is 78.9 Å². The van der Waals surface area contributed by atoms with Gasteiger partial charge in [-0.2, -0.15) is 5.26 Å². The zero-order chi connectivity index (χ0) is 17.5. The molecule has 118 valence electrons. The highest BCUT2D eigenvalue weighted by Crippen LogP contribution is 2.11. The Morgan fingerprint density at radius 2 is 1.28 bits per heavy atom. The van der Waals surface area contributed by atoms with Gasteiger partial charge in [0.2, 0.25) is 0 Å². The first-order valence-corrected chi connectivity index (χ1v) is 7.73. The van der Waals surface area contributed by atoms with Crippen LogP contribution < -0.4 is 5.32 Å². The van der Waals surface area contributed by atoms with E-state index in [0.717, 1.165) is 11.1 Å². The number of hydrogen-bond acceptors (Lipinski definition) is 2. The van der Waals surface area contributed by atoms with Gasteiger partial charge in [0.15, 0.2) is 0 Å². The van der Waals surface area contributed by atoms with Gasteiger partial charge in [-0.25, -0.2) is 0 Å². The van der Waals surface area contributed by atoms with Crippen LogP contribution in [0, 0.1) is 23.2 Å². The second kappa shape index (κ2) is 7.64. The number of carbonyl (C=O) groups is 1. The molecule has 3 aromatic rings. The van der Waals surface area contributed by atoms with E-state index in [-0.39, 0.29) is 5.91 Å². The Morgan fingerprint density at radius 3 is 1.88 bits per heavy atom. The molecule has 3 nitrogen and oxygen atoms in total. The number of hydrogen-bond donors (Lipinski definition) is 1. The molecule has 0 unspecified atom stereocenters. The van der Waals surface area contributed by atoms with Crippen molar-refractivity contribution in [1.29, 1.82) is 5.26 Å². The second-order valence-corrected chi connectivity index (χ2v) is 5.34. The molecule has 0 spiro atoms. The van der Waals surface area contributed by atoms with Crippen molar-refractivity contribution in [2.75, 3.05) is 5.32 Å². The summed E-state index contributed by atoms with van der Waals surface area (Å²) >= 11 is 0. The summed E-state index contributed by atoms with van der Waals surface area (Å²) in [4.78, 5) is 12.2. The van der Waals surface area contributed by atoms with Gasteiger partial charge in [0, 0.05) is 22.4 Å². The number of nitrogens with zero attached hydrogens (tertiary/aromatic N) is 1. The predicted molar refractivity (Wildman–Crippen MR) is 98.0 cm³/mol. The fourth-order valence-corrected chi connectivity index (χ4v) is 2.20. The van der Waals surface area contributed by atoms with E-state index < -0.39 is 0 Å². The first kappa shape index (κ1) is 16.1. The number of benzene rings is 3. The van der Waals surface area contributed by atoms with Crippen LogP contribution in [0.1, 0.15) is 27.0 Å². The van der Waals surface area contributed by atoms with Crippen LogP contribution in [0.25, 0.3) is 0 Å². The SMILES string of the molecule is N#Cc1ccc(NC(=O)c2ccc(C#Cc3ccccc3)cc2)cc1. The Hall–Kier alpha value is -3.82. The van der Waals surface area contributed by atoms with Crippen molar-refractivity contribution in [3.8, 4) is 17.9 Å². The molecule has 0 radical (unpaired) electrons. The first-order valence-electron chi connectivity index (χ1n) is 7.73. The van der Waals surface area contributed by atoms with E-state index in [1.807, 2.05) is 48.5 Å². The maximum Gasteiger partial charge on any atom is 0.255 e. The second-order valence-electron chi connectivity index (χ2n) is 5.34. The zero-order valence-corrected chi connectivity index (χ0v) is 13.4. The van der Waals surface area contributed by atoms with Crippen molar-refractivity contribution in [1.82, 2.24) is 0 Å². The average molecular weight is 322 g/mol. The van der Waals surface area contributed by atoms with Gasteiger partial charge < -0.3 is 5.32 Å². The average Bonchev–Trinajstić information content (AvgIpc) is 2.68. The molecule has 0 atom stereocenters. The van der Waals surface area contributed by atoms with E-state index in [9.17, 15) is 4.79 Å².